The Morgan fingerprint density at radius 2 is 1.79 bits per heavy atom. The third-order valence-corrected chi connectivity index (χ3v) is 5.54. The number of aliphatic hydroxyl groups excluding tert-OH is 1. The van der Waals surface area contributed by atoms with E-state index in [1.807, 2.05) is 54.6 Å². The summed E-state index contributed by atoms with van der Waals surface area (Å²) in [6.45, 7) is 3.96. The molecule has 0 spiro atoms. The number of methoxy groups -OCH3 is 1. The number of para-hydroxylation sites is 1. The zero-order valence-corrected chi connectivity index (χ0v) is 18.1. The lowest BCUT2D eigenvalue weighted by atomic mass is 9.97. The summed E-state index contributed by atoms with van der Waals surface area (Å²) in [5.41, 5.74) is 4.50. The molecule has 3 aromatic carbocycles. The Morgan fingerprint density at radius 3 is 2.48 bits per heavy atom. The number of rotatable bonds is 8. The number of nitrogens with zero attached hydrogens (tertiary/aromatic N) is 1. The second kappa shape index (κ2) is 9.54. The van der Waals surface area contributed by atoms with E-state index in [0.29, 0.717) is 17.0 Å². The summed E-state index contributed by atoms with van der Waals surface area (Å²) in [6, 6.07) is 23.5. The minimum Gasteiger partial charge on any atom is -0.497 e. The molecule has 6 nitrogen and oxygen atoms in total. The fourth-order valence-corrected chi connectivity index (χ4v) is 3.82. The van der Waals surface area contributed by atoms with Crippen molar-refractivity contribution in [3.63, 3.8) is 0 Å². The Hall–Kier alpha value is -4.16. The Kier molecular flexibility index (Phi) is 6.38. The molecule has 3 N–H and O–H groups in total. The molecule has 0 aliphatic carbocycles. The molecule has 166 valence electrons. The number of hydrogen-bond acceptors (Lipinski definition) is 5. The summed E-state index contributed by atoms with van der Waals surface area (Å²) in [5, 5.41) is 24.2. The number of benzene rings is 3. The average Bonchev–Trinajstić information content (AvgIpc) is 2.86. The lowest BCUT2D eigenvalue weighted by molar-refractivity contribution is -0.147. The minimum absolute atomic E-state index is 0.606. The Morgan fingerprint density at radius 1 is 1.03 bits per heavy atom. The van der Waals surface area contributed by atoms with Crippen molar-refractivity contribution in [2.45, 2.75) is 12.1 Å². The number of carboxylic acids is 1. The second-order valence-electron chi connectivity index (χ2n) is 7.54. The number of carboxylic acid groups (broad SMARTS) is 1. The molecule has 0 radical (unpaired) electrons. The SMILES string of the molecule is C=Cc1c(NC(c2ccc(OC)cc2)[C@@H](O)C(=O)O)cccc1-c1ccc2ccccc2n1. The van der Waals surface area contributed by atoms with Crippen molar-refractivity contribution in [2.75, 3.05) is 12.4 Å². The van der Waals surface area contributed by atoms with Gasteiger partial charge in [0.25, 0.3) is 0 Å². The number of aromatic nitrogens is 1. The highest BCUT2D eigenvalue weighted by Gasteiger charge is 2.28. The van der Waals surface area contributed by atoms with Crippen LogP contribution in [-0.4, -0.2) is 34.4 Å². The van der Waals surface area contributed by atoms with Gasteiger partial charge < -0.3 is 20.3 Å². The van der Waals surface area contributed by atoms with Gasteiger partial charge in [-0.25, -0.2) is 9.78 Å². The van der Waals surface area contributed by atoms with E-state index in [2.05, 4.69) is 11.9 Å². The maximum Gasteiger partial charge on any atom is 0.335 e. The van der Waals surface area contributed by atoms with Crippen LogP contribution in [0.25, 0.3) is 28.2 Å². The maximum absolute atomic E-state index is 11.6. The third kappa shape index (κ3) is 4.56. The molecule has 4 rings (SSSR count). The molecule has 1 aromatic heterocycles. The number of aliphatic carboxylic acids is 1. The smallest absolute Gasteiger partial charge is 0.335 e. The summed E-state index contributed by atoms with van der Waals surface area (Å²) in [4.78, 5) is 16.4. The van der Waals surface area contributed by atoms with Crippen molar-refractivity contribution >= 4 is 28.6 Å². The van der Waals surface area contributed by atoms with Gasteiger partial charge in [0.1, 0.15) is 5.75 Å². The van der Waals surface area contributed by atoms with Gasteiger partial charge in [-0.05, 0) is 35.9 Å². The zero-order valence-electron chi connectivity index (χ0n) is 18.1. The van der Waals surface area contributed by atoms with E-state index in [-0.39, 0.29) is 0 Å². The largest absolute Gasteiger partial charge is 0.497 e. The van der Waals surface area contributed by atoms with E-state index in [1.165, 1.54) is 0 Å². The quantitative estimate of drug-likeness (QED) is 0.351. The number of nitrogens with one attached hydrogen (secondary N) is 1. The minimum atomic E-state index is -1.67. The van der Waals surface area contributed by atoms with Crippen molar-refractivity contribution < 1.29 is 19.7 Å². The topological polar surface area (TPSA) is 91.7 Å². The zero-order chi connectivity index (χ0) is 23.4. The molecule has 2 atom stereocenters. The predicted molar refractivity (Wildman–Crippen MR) is 130 cm³/mol. The number of carbonyl (C=O) groups is 1. The lowest BCUT2D eigenvalue weighted by Gasteiger charge is -2.25. The number of anilines is 1. The highest BCUT2D eigenvalue weighted by molar-refractivity contribution is 5.86. The van der Waals surface area contributed by atoms with Crippen LogP contribution in [0.1, 0.15) is 17.2 Å². The number of aliphatic hydroxyl groups is 1. The van der Waals surface area contributed by atoms with Crippen LogP contribution in [0.15, 0.2) is 85.4 Å². The van der Waals surface area contributed by atoms with Gasteiger partial charge in [-0.1, -0.05) is 61.2 Å². The summed E-state index contributed by atoms with van der Waals surface area (Å²) >= 11 is 0. The first-order valence-electron chi connectivity index (χ1n) is 10.4. The molecule has 1 heterocycles. The predicted octanol–water partition coefficient (Wildman–Crippen LogP) is 5.15. The van der Waals surface area contributed by atoms with Crippen LogP contribution in [0.3, 0.4) is 0 Å². The average molecular weight is 440 g/mol. The van der Waals surface area contributed by atoms with Gasteiger partial charge in [0.2, 0.25) is 0 Å². The van der Waals surface area contributed by atoms with E-state index in [1.54, 1.807) is 37.5 Å². The third-order valence-electron chi connectivity index (χ3n) is 5.54. The maximum atomic E-state index is 11.6. The van der Waals surface area contributed by atoms with Gasteiger partial charge in [0.05, 0.1) is 24.4 Å². The van der Waals surface area contributed by atoms with Crippen LogP contribution in [0.2, 0.25) is 0 Å². The van der Waals surface area contributed by atoms with Crippen LogP contribution in [0, 0.1) is 0 Å². The van der Waals surface area contributed by atoms with Crippen molar-refractivity contribution in [2.24, 2.45) is 0 Å². The van der Waals surface area contributed by atoms with Crippen molar-refractivity contribution in [1.29, 1.82) is 0 Å². The molecular formula is C27H24N2O4. The molecule has 1 unspecified atom stereocenters. The molecule has 0 aliphatic heterocycles. The monoisotopic (exact) mass is 440 g/mol. The fourth-order valence-electron chi connectivity index (χ4n) is 3.82. The van der Waals surface area contributed by atoms with Gasteiger partial charge in [-0.2, -0.15) is 0 Å². The van der Waals surface area contributed by atoms with Crippen molar-refractivity contribution in [1.82, 2.24) is 4.98 Å². The van der Waals surface area contributed by atoms with Gasteiger partial charge in [-0.15, -0.1) is 0 Å². The lowest BCUT2D eigenvalue weighted by Crippen LogP contribution is -2.32. The Bertz CT molecular complexity index is 1300. The molecule has 4 aromatic rings. The van der Waals surface area contributed by atoms with Crippen LogP contribution < -0.4 is 10.1 Å². The highest BCUT2D eigenvalue weighted by atomic mass is 16.5. The number of ether oxygens (including phenoxy) is 1. The molecule has 33 heavy (non-hydrogen) atoms. The molecule has 0 amide bonds. The molecule has 0 saturated heterocycles. The number of hydrogen-bond donors (Lipinski definition) is 3. The van der Waals surface area contributed by atoms with Crippen LogP contribution in [0.5, 0.6) is 5.75 Å². The first-order chi connectivity index (χ1) is 16.0. The molecular weight excluding hydrogens is 416 g/mol. The standard InChI is InChI=1S/C27H24N2O4/c1-3-20-21(24-16-13-17-7-4-5-9-22(17)28-24)8-6-10-23(20)29-25(26(30)27(31)32)18-11-14-19(33-2)15-12-18/h3-16,25-26,29-30H,1H2,2H3,(H,31,32)/t25?,26-/m1/s1. The van der Waals surface area contributed by atoms with Crippen LogP contribution in [0.4, 0.5) is 5.69 Å². The van der Waals surface area contributed by atoms with Crippen molar-refractivity contribution in [3.05, 3.63) is 96.6 Å². The first-order valence-corrected chi connectivity index (χ1v) is 10.4. The van der Waals surface area contributed by atoms with E-state index in [9.17, 15) is 15.0 Å². The summed E-state index contributed by atoms with van der Waals surface area (Å²) in [6.07, 6.45) is 0.0331. The van der Waals surface area contributed by atoms with Gasteiger partial charge in [0, 0.05) is 22.2 Å². The number of pyridine rings is 1. The summed E-state index contributed by atoms with van der Waals surface area (Å²) < 4.78 is 5.19. The molecule has 0 saturated carbocycles. The summed E-state index contributed by atoms with van der Waals surface area (Å²) in [7, 11) is 1.56. The fraction of sp³-hybridized carbons (Fsp3) is 0.111. The molecule has 0 fully saturated rings. The van der Waals surface area contributed by atoms with Crippen molar-refractivity contribution in [3.8, 4) is 17.0 Å². The van der Waals surface area contributed by atoms with Crippen LogP contribution >= 0.6 is 0 Å². The Balaban J connectivity index is 1.76. The molecule has 6 heteroatoms. The van der Waals surface area contributed by atoms with Gasteiger partial charge in [0.15, 0.2) is 6.10 Å². The summed E-state index contributed by atoms with van der Waals surface area (Å²) in [5.74, 6) is -0.686. The van der Waals surface area contributed by atoms with E-state index >= 15 is 0 Å². The first kappa shape index (κ1) is 22.0. The van der Waals surface area contributed by atoms with Gasteiger partial charge >= 0.3 is 5.97 Å². The molecule has 0 bridgehead atoms. The Labute approximate surface area is 191 Å². The highest BCUT2D eigenvalue weighted by Crippen LogP contribution is 2.33. The van der Waals surface area contributed by atoms with Crippen LogP contribution in [-0.2, 0) is 4.79 Å². The normalized spacial score (nSPS) is 12.7. The number of fused-ring (bicyclic) bond motifs is 1. The van der Waals surface area contributed by atoms with E-state index < -0.39 is 18.1 Å². The second-order valence-corrected chi connectivity index (χ2v) is 7.54. The molecule has 0 aliphatic rings. The van der Waals surface area contributed by atoms with E-state index in [0.717, 1.165) is 27.7 Å². The van der Waals surface area contributed by atoms with E-state index in [4.69, 9.17) is 9.72 Å². The van der Waals surface area contributed by atoms with Gasteiger partial charge in [-0.3, -0.25) is 0 Å².